The summed E-state index contributed by atoms with van der Waals surface area (Å²) in [6, 6.07) is 0.353. The highest BCUT2D eigenvalue weighted by molar-refractivity contribution is 6.19. The molecule has 0 radical (unpaired) electrons. The van der Waals surface area contributed by atoms with Gasteiger partial charge in [-0.3, -0.25) is 0 Å². The Balaban J connectivity index is 2.80. The summed E-state index contributed by atoms with van der Waals surface area (Å²) in [5.41, 5.74) is 1.96. The number of hydrogen-bond donors (Lipinski definition) is 0. The molecule has 0 aromatic carbocycles. The Labute approximate surface area is 83.4 Å². The predicted octanol–water partition coefficient (Wildman–Crippen LogP) is 2.50. The maximum atomic E-state index is 5.65. The summed E-state index contributed by atoms with van der Waals surface area (Å²) >= 11 is 5.65. The third-order valence-electron chi connectivity index (χ3n) is 1.66. The maximum Gasteiger partial charge on any atom is 0.105 e. The predicted molar refractivity (Wildman–Crippen MR) is 54.8 cm³/mol. The molecule has 0 amide bonds. The summed E-state index contributed by atoms with van der Waals surface area (Å²) in [4.78, 5) is 0. The molecule has 0 aliphatic carbocycles. The molecule has 0 aliphatic rings. The zero-order chi connectivity index (χ0) is 9.84. The second kappa shape index (κ2) is 4.42. The van der Waals surface area contributed by atoms with Crippen LogP contribution in [0.2, 0.25) is 0 Å². The van der Waals surface area contributed by atoms with Gasteiger partial charge in [-0.05, 0) is 26.8 Å². The summed E-state index contributed by atoms with van der Waals surface area (Å²) < 4.78 is 1.83. The molecule has 1 heterocycles. The van der Waals surface area contributed by atoms with Crippen LogP contribution in [0.4, 0.5) is 0 Å². The van der Waals surface area contributed by atoms with Crippen LogP contribution >= 0.6 is 11.6 Å². The van der Waals surface area contributed by atoms with Crippen LogP contribution in [0.15, 0.2) is 11.8 Å². The number of allylic oxidation sites excluding steroid dienone is 1. The standard InChI is InChI=1S/C9H14ClN3/c1-7(2)13-6-9(11-12-13)4-8(3)5-10/h4,6-7H,5H2,1-3H3/b8-4-. The first-order valence-corrected chi connectivity index (χ1v) is 4.82. The van der Waals surface area contributed by atoms with Gasteiger partial charge in [0.05, 0.1) is 6.20 Å². The lowest BCUT2D eigenvalue weighted by atomic mass is 10.3. The van der Waals surface area contributed by atoms with Crippen molar-refractivity contribution >= 4 is 17.7 Å². The molecule has 0 atom stereocenters. The van der Waals surface area contributed by atoms with Gasteiger partial charge in [0, 0.05) is 11.9 Å². The average Bonchev–Trinajstić information content (AvgIpc) is 2.52. The smallest absolute Gasteiger partial charge is 0.105 e. The fraction of sp³-hybridized carbons (Fsp3) is 0.556. The second-order valence-electron chi connectivity index (χ2n) is 3.34. The first-order chi connectivity index (χ1) is 6.13. The van der Waals surface area contributed by atoms with Crippen molar-refractivity contribution in [3.8, 4) is 0 Å². The van der Waals surface area contributed by atoms with E-state index in [0.717, 1.165) is 11.3 Å². The molecule has 1 rings (SSSR count). The molecule has 0 unspecified atom stereocenters. The van der Waals surface area contributed by atoms with Crippen LogP contribution in [0.1, 0.15) is 32.5 Å². The molecule has 0 spiro atoms. The van der Waals surface area contributed by atoms with E-state index < -0.39 is 0 Å². The Bertz CT molecular complexity index is 302. The van der Waals surface area contributed by atoms with E-state index >= 15 is 0 Å². The summed E-state index contributed by atoms with van der Waals surface area (Å²) in [6.45, 7) is 6.11. The second-order valence-corrected chi connectivity index (χ2v) is 3.61. The first kappa shape index (κ1) is 10.3. The molecule has 4 heteroatoms. The monoisotopic (exact) mass is 199 g/mol. The van der Waals surface area contributed by atoms with Crippen molar-refractivity contribution in [3.63, 3.8) is 0 Å². The summed E-state index contributed by atoms with van der Waals surface area (Å²) in [7, 11) is 0. The quantitative estimate of drug-likeness (QED) is 0.701. The van der Waals surface area contributed by atoms with Crippen LogP contribution in [-0.2, 0) is 0 Å². The molecule has 0 fully saturated rings. The largest absolute Gasteiger partial charge is 0.249 e. The Kier molecular flexibility index (Phi) is 3.48. The summed E-state index contributed by atoms with van der Waals surface area (Å²) in [6.07, 6.45) is 3.86. The van der Waals surface area contributed by atoms with Gasteiger partial charge in [-0.25, -0.2) is 4.68 Å². The van der Waals surface area contributed by atoms with E-state index in [1.54, 1.807) is 0 Å². The Morgan fingerprint density at radius 2 is 2.38 bits per heavy atom. The molecule has 1 aromatic heterocycles. The van der Waals surface area contributed by atoms with Gasteiger partial charge in [0.2, 0.25) is 0 Å². The fourth-order valence-electron chi connectivity index (χ4n) is 0.900. The number of nitrogens with zero attached hydrogens (tertiary/aromatic N) is 3. The van der Waals surface area contributed by atoms with E-state index in [1.807, 2.05) is 23.9 Å². The van der Waals surface area contributed by atoms with Crippen molar-refractivity contribution in [1.29, 1.82) is 0 Å². The minimum absolute atomic E-state index is 0.353. The molecule has 0 saturated heterocycles. The lowest BCUT2D eigenvalue weighted by molar-refractivity contribution is 0.514. The Morgan fingerprint density at radius 3 is 2.85 bits per heavy atom. The minimum Gasteiger partial charge on any atom is -0.249 e. The van der Waals surface area contributed by atoms with Gasteiger partial charge in [0.1, 0.15) is 5.69 Å². The highest BCUT2D eigenvalue weighted by Gasteiger charge is 2.00. The van der Waals surface area contributed by atoms with Gasteiger partial charge in [-0.1, -0.05) is 10.8 Å². The Hall–Kier alpha value is -0.830. The normalized spacial score (nSPS) is 12.5. The van der Waals surface area contributed by atoms with E-state index in [2.05, 4.69) is 24.2 Å². The maximum absolute atomic E-state index is 5.65. The molecule has 72 valence electrons. The van der Waals surface area contributed by atoms with Crippen LogP contribution < -0.4 is 0 Å². The zero-order valence-electron chi connectivity index (χ0n) is 8.16. The number of aromatic nitrogens is 3. The van der Waals surface area contributed by atoms with E-state index in [1.165, 1.54) is 0 Å². The number of halogens is 1. The zero-order valence-corrected chi connectivity index (χ0v) is 8.91. The van der Waals surface area contributed by atoms with Crippen molar-refractivity contribution in [2.24, 2.45) is 0 Å². The van der Waals surface area contributed by atoms with Gasteiger partial charge in [-0.2, -0.15) is 0 Å². The van der Waals surface area contributed by atoms with Crippen molar-refractivity contribution in [2.75, 3.05) is 5.88 Å². The lowest BCUT2D eigenvalue weighted by Gasteiger charge is -2.00. The van der Waals surface area contributed by atoms with Gasteiger partial charge in [0.25, 0.3) is 0 Å². The lowest BCUT2D eigenvalue weighted by Crippen LogP contribution is -2.00. The molecule has 0 aliphatic heterocycles. The van der Waals surface area contributed by atoms with Crippen LogP contribution in [0, 0.1) is 0 Å². The topological polar surface area (TPSA) is 30.7 Å². The van der Waals surface area contributed by atoms with Crippen molar-refractivity contribution in [1.82, 2.24) is 15.0 Å². The molecule has 0 N–H and O–H groups in total. The number of hydrogen-bond acceptors (Lipinski definition) is 2. The number of rotatable bonds is 3. The Morgan fingerprint density at radius 1 is 1.69 bits per heavy atom. The molecule has 0 bridgehead atoms. The van der Waals surface area contributed by atoms with Crippen LogP contribution in [0.3, 0.4) is 0 Å². The highest BCUT2D eigenvalue weighted by atomic mass is 35.5. The minimum atomic E-state index is 0.353. The van der Waals surface area contributed by atoms with E-state index in [0.29, 0.717) is 11.9 Å². The molecule has 1 aromatic rings. The van der Waals surface area contributed by atoms with Crippen molar-refractivity contribution in [2.45, 2.75) is 26.8 Å². The molecular formula is C9H14ClN3. The molecule has 3 nitrogen and oxygen atoms in total. The van der Waals surface area contributed by atoms with Crippen molar-refractivity contribution in [3.05, 3.63) is 17.5 Å². The van der Waals surface area contributed by atoms with Crippen molar-refractivity contribution < 1.29 is 0 Å². The van der Waals surface area contributed by atoms with Gasteiger partial charge in [-0.15, -0.1) is 16.7 Å². The van der Waals surface area contributed by atoms with E-state index in [9.17, 15) is 0 Å². The van der Waals surface area contributed by atoms with E-state index in [-0.39, 0.29) is 0 Å². The average molecular weight is 200 g/mol. The van der Waals surface area contributed by atoms with E-state index in [4.69, 9.17) is 11.6 Å². The molecular weight excluding hydrogens is 186 g/mol. The van der Waals surface area contributed by atoms with Crippen LogP contribution in [-0.4, -0.2) is 20.9 Å². The first-order valence-electron chi connectivity index (χ1n) is 4.28. The highest BCUT2D eigenvalue weighted by Crippen LogP contribution is 2.07. The summed E-state index contributed by atoms with van der Waals surface area (Å²) in [5.74, 6) is 0.536. The van der Waals surface area contributed by atoms with Gasteiger partial charge >= 0.3 is 0 Å². The summed E-state index contributed by atoms with van der Waals surface area (Å²) in [5, 5.41) is 7.99. The van der Waals surface area contributed by atoms with Crippen LogP contribution in [0.25, 0.3) is 6.08 Å². The third-order valence-corrected chi connectivity index (χ3v) is 2.08. The van der Waals surface area contributed by atoms with Gasteiger partial charge < -0.3 is 0 Å². The van der Waals surface area contributed by atoms with Crippen LogP contribution in [0.5, 0.6) is 0 Å². The third kappa shape index (κ3) is 2.84. The fourth-order valence-corrected chi connectivity index (χ4v) is 0.977. The molecule has 0 saturated carbocycles. The molecule has 13 heavy (non-hydrogen) atoms. The van der Waals surface area contributed by atoms with Gasteiger partial charge in [0.15, 0.2) is 0 Å². The number of alkyl halides is 1. The SMILES string of the molecule is C/C(=C/c1cn(C(C)C)nn1)CCl.